The smallest absolute Gasteiger partial charge is 0.422 e. The first-order valence-corrected chi connectivity index (χ1v) is 11.3. The first kappa shape index (κ1) is 24.6. The van der Waals surface area contributed by atoms with Crippen molar-refractivity contribution < 1.29 is 32.2 Å². The van der Waals surface area contributed by atoms with Gasteiger partial charge in [-0.3, -0.25) is 4.79 Å². The van der Waals surface area contributed by atoms with Crippen LogP contribution in [0.15, 0.2) is 42.5 Å². The minimum atomic E-state index is -5.16. The summed E-state index contributed by atoms with van der Waals surface area (Å²) < 4.78 is 62.1. The van der Waals surface area contributed by atoms with Crippen molar-refractivity contribution in [1.29, 1.82) is 0 Å². The summed E-state index contributed by atoms with van der Waals surface area (Å²) in [4.78, 5) is 16.7. The van der Waals surface area contributed by atoms with Crippen LogP contribution >= 0.6 is 22.9 Å². The molecule has 1 aliphatic rings. The van der Waals surface area contributed by atoms with Gasteiger partial charge in [0.15, 0.2) is 11.5 Å². The van der Waals surface area contributed by atoms with E-state index >= 15 is 0 Å². The highest BCUT2D eigenvalue weighted by atomic mass is 35.5. The van der Waals surface area contributed by atoms with Crippen molar-refractivity contribution in [2.75, 3.05) is 6.61 Å². The lowest BCUT2D eigenvalue weighted by molar-refractivity contribution is -0.270. The number of ether oxygens (including phenoxy) is 1. The zero-order chi connectivity index (χ0) is 24.9. The monoisotopic (exact) mass is 514 g/mol. The Labute approximate surface area is 201 Å². The van der Waals surface area contributed by atoms with Gasteiger partial charge in [0, 0.05) is 17.5 Å². The average molecular weight is 515 g/mol. The van der Waals surface area contributed by atoms with Crippen LogP contribution in [-0.4, -0.2) is 28.7 Å². The second-order valence-corrected chi connectivity index (χ2v) is 10.0. The number of alkyl halides is 3. The number of halogens is 5. The fourth-order valence-electron chi connectivity index (χ4n) is 3.72. The van der Waals surface area contributed by atoms with Gasteiger partial charge < -0.3 is 15.6 Å². The molecule has 34 heavy (non-hydrogen) atoms. The van der Waals surface area contributed by atoms with Gasteiger partial charge in [-0.2, -0.15) is 13.2 Å². The van der Waals surface area contributed by atoms with Gasteiger partial charge in [0.05, 0.1) is 20.4 Å². The number of nitrogens with zero attached hydrogens (tertiary/aromatic N) is 1. The Morgan fingerprint density at radius 3 is 2.53 bits per heavy atom. The molecule has 1 aliphatic heterocycles. The summed E-state index contributed by atoms with van der Waals surface area (Å²) in [7, 11) is 0. The van der Waals surface area contributed by atoms with Crippen molar-refractivity contribution in [3.8, 4) is 17.0 Å². The highest BCUT2D eigenvalue weighted by Crippen LogP contribution is 2.48. The molecule has 0 amide bonds. The van der Waals surface area contributed by atoms with Crippen molar-refractivity contribution >= 4 is 28.7 Å². The number of thiophene rings is 1. The van der Waals surface area contributed by atoms with Crippen LogP contribution in [0.3, 0.4) is 0 Å². The van der Waals surface area contributed by atoms with E-state index in [4.69, 9.17) is 22.1 Å². The lowest BCUT2D eigenvalue weighted by atomic mass is 9.86. The fraction of sp³-hybridized carbons (Fsp3) is 0.304. The molecule has 0 radical (unpaired) electrons. The molecule has 0 saturated carbocycles. The van der Waals surface area contributed by atoms with Crippen LogP contribution in [0, 0.1) is 5.82 Å². The molecule has 4 rings (SSSR count). The van der Waals surface area contributed by atoms with Gasteiger partial charge in [0.25, 0.3) is 0 Å². The Hall–Kier alpha value is -2.53. The van der Waals surface area contributed by atoms with E-state index in [1.165, 1.54) is 24.3 Å². The summed E-state index contributed by atoms with van der Waals surface area (Å²) in [6, 6.07) is 8.89. The van der Waals surface area contributed by atoms with Crippen LogP contribution in [0.1, 0.15) is 40.7 Å². The quantitative estimate of drug-likeness (QED) is 0.331. The lowest BCUT2D eigenvalue weighted by Crippen LogP contribution is -2.44. The first-order valence-electron chi connectivity index (χ1n) is 10.1. The van der Waals surface area contributed by atoms with Gasteiger partial charge in [0.1, 0.15) is 18.1 Å². The minimum Gasteiger partial charge on any atom is -0.489 e. The van der Waals surface area contributed by atoms with Crippen molar-refractivity contribution in [2.24, 2.45) is 5.73 Å². The maximum Gasteiger partial charge on any atom is 0.422 e. The zero-order valence-corrected chi connectivity index (χ0v) is 19.3. The van der Waals surface area contributed by atoms with Crippen LogP contribution in [0.2, 0.25) is 4.34 Å². The fourth-order valence-corrected chi connectivity index (χ4v) is 4.73. The summed E-state index contributed by atoms with van der Waals surface area (Å²) in [5.74, 6) is -0.971. The number of carbonyl (C=O) groups is 1. The number of ketones is 1. The molecular formula is C23H19ClF4N2O3S. The molecular weight excluding hydrogens is 496 g/mol. The normalized spacial score (nSPS) is 19.4. The number of Topliss-reactive ketones (excluding diaryl/α,β-unsaturated/α-hetero) is 1. The number of benzene rings is 1. The predicted molar refractivity (Wildman–Crippen MR) is 120 cm³/mol. The molecule has 3 aromatic rings. The van der Waals surface area contributed by atoms with Crippen molar-refractivity contribution in [1.82, 2.24) is 4.98 Å². The molecule has 0 spiro atoms. The van der Waals surface area contributed by atoms with E-state index in [1.807, 2.05) is 0 Å². The Morgan fingerprint density at radius 1 is 1.26 bits per heavy atom. The largest absolute Gasteiger partial charge is 0.489 e. The topological polar surface area (TPSA) is 85.4 Å². The molecule has 2 aromatic heterocycles. The van der Waals surface area contributed by atoms with E-state index < -0.39 is 47.5 Å². The Morgan fingerprint density at radius 2 is 1.94 bits per heavy atom. The third kappa shape index (κ3) is 4.43. The molecule has 0 fully saturated rings. The van der Waals surface area contributed by atoms with Crippen LogP contribution in [-0.2, 0) is 11.1 Å². The molecule has 3 heterocycles. The number of fused-ring (bicyclic) bond motifs is 1. The molecule has 0 bridgehead atoms. The van der Waals surface area contributed by atoms with Gasteiger partial charge in [-0.25, -0.2) is 9.37 Å². The standard InChI is InChI=1S/C23H19ClF4N2O3S/c1-21(29)11-33-20-14(21)10-17(30-19(20)12-2-4-13(25)5-3-12)22(32,23(26,27)28)9-8-15(31)16-6-7-18(24)34-16/h2-7,10,32H,8-9,11,29H2,1H3/t21-,22-/m1/s1. The van der Waals surface area contributed by atoms with E-state index in [0.29, 0.717) is 4.34 Å². The van der Waals surface area contributed by atoms with Gasteiger partial charge >= 0.3 is 6.18 Å². The van der Waals surface area contributed by atoms with Gasteiger partial charge in [-0.15, -0.1) is 11.3 Å². The number of nitrogens with two attached hydrogens (primary N) is 1. The molecule has 0 unspecified atom stereocenters. The molecule has 2 atom stereocenters. The molecule has 11 heteroatoms. The van der Waals surface area contributed by atoms with Crippen LogP contribution in [0.5, 0.6) is 5.75 Å². The Kier molecular flexibility index (Phi) is 6.22. The second kappa shape index (κ2) is 8.60. The summed E-state index contributed by atoms with van der Waals surface area (Å²) in [5.41, 5.74) is 1.40. The average Bonchev–Trinajstić information content (AvgIpc) is 3.34. The molecule has 0 saturated heterocycles. The molecule has 0 aliphatic carbocycles. The number of carbonyl (C=O) groups excluding carboxylic acids is 1. The maximum absolute atomic E-state index is 14.2. The number of rotatable bonds is 6. The van der Waals surface area contributed by atoms with Crippen molar-refractivity contribution in [3.63, 3.8) is 0 Å². The van der Waals surface area contributed by atoms with E-state index in [2.05, 4.69) is 4.98 Å². The highest BCUT2D eigenvalue weighted by Gasteiger charge is 2.56. The number of aromatic nitrogens is 1. The Bertz CT molecular complexity index is 1240. The van der Waals surface area contributed by atoms with Crippen molar-refractivity contribution in [3.05, 3.63) is 68.8 Å². The highest BCUT2D eigenvalue weighted by molar-refractivity contribution is 7.18. The van der Waals surface area contributed by atoms with Crippen molar-refractivity contribution in [2.45, 2.75) is 37.1 Å². The minimum absolute atomic E-state index is 0.0132. The van der Waals surface area contributed by atoms with Gasteiger partial charge in [0.2, 0.25) is 5.60 Å². The summed E-state index contributed by atoms with van der Waals surface area (Å²) in [6.07, 6.45) is -6.73. The lowest BCUT2D eigenvalue weighted by Gasteiger charge is -2.31. The SMILES string of the molecule is C[C@@]1(N)COc2c1cc([C@](O)(CCC(=O)c1ccc(Cl)s1)C(F)(F)F)nc2-c1ccc(F)cc1. The number of hydrogen-bond acceptors (Lipinski definition) is 6. The summed E-state index contributed by atoms with van der Waals surface area (Å²) in [5, 5.41) is 10.9. The second-order valence-electron chi connectivity index (χ2n) is 8.33. The van der Waals surface area contributed by atoms with E-state index in [-0.39, 0.29) is 34.1 Å². The van der Waals surface area contributed by atoms with Crippen LogP contribution in [0.4, 0.5) is 17.6 Å². The third-order valence-corrected chi connectivity index (χ3v) is 6.95. The molecule has 1 aromatic carbocycles. The van der Waals surface area contributed by atoms with Gasteiger partial charge in [-0.05, 0) is 55.8 Å². The maximum atomic E-state index is 14.2. The summed E-state index contributed by atoms with van der Waals surface area (Å²) >= 11 is 6.75. The zero-order valence-electron chi connectivity index (χ0n) is 17.7. The van der Waals surface area contributed by atoms with Crippen LogP contribution < -0.4 is 10.5 Å². The molecule has 3 N–H and O–H groups in total. The number of hydrogen-bond donors (Lipinski definition) is 2. The van der Waals surface area contributed by atoms with E-state index in [0.717, 1.165) is 29.5 Å². The third-order valence-electron chi connectivity index (χ3n) is 5.68. The number of pyridine rings is 1. The number of aliphatic hydroxyl groups is 1. The molecule has 5 nitrogen and oxygen atoms in total. The molecule has 180 valence electrons. The van der Waals surface area contributed by atoms with Crippen LogP contribution in [0.25, 0.3) is 11.3 Å². The van der Waals surface area contributed by atoms with Gasteiger partial charge in [-0.1, -0.05) is 11.6 Å². The first-order chi connectivity index (χ1) is 15.8. The summed E-state index contributed by atoms with van der Waals surface area (Å²) in [6.45, 7) is 1.55. The Balaban J connectivity index is 1.81. The predicted octanol–water partition coefficient (Wildman–Crippen LogP) is 5.58. The van der Waals surface area contributed by atoms with E-state index in [9.17, 15) is 27.5 Å². The van der Waals surface area contributed by atoms with E-state index in [1.54, 1.807) is 6.92 Å².